The van der Waals surface area contributed by atoms with Crippen molar-refractivity contribution in [3.63, 3.8) is 0 Å². The van der Waals surface area contributed by atoms with E-state index in [1.165, 1.54) is 11.3 Å². The van der Waals surface area contributed by atoms with Crippen LogP contribution in [0.5, 0.6) is 5.75 Å². The molecule has 0 aliphatic heterocycles. The van der Waals surface area contributed by atoms with Gasteiger partial charge in [-0.3, -0.25) is 0 Å². The predicted octanol–water partition coefficient (Wildman–Crippen LogP) is 3.57. The van der Waals surface area contributed by atoms with E-state index in [2.05, 4.69) is 0 Å². The molecule has 2 aromatic rings. The van der Waals surface area contributed by atoms with E-state index in [0.717, 1.165) is 27.1 Å². The average Bonchev–Trinajstić information content (AvgIpc) is 2.92. The number of hydrogen-bond donors (Lipinski definition) is 1. The maximum absolute atomic E-state index is 10.5. The number of aliphatic carboxylic acids is 1. The molecule has 2 rings (SSSR count). The summed E-state index contributed by atoms with van der Waals surface area (Å²) in [6.45, 7) is 1.02. The van der Waals surface area contributed by atoms with Crippen LogP contribution in [0.2, 0.25) is 0 Å². The predicted molar refractivity (Wildman–Crippen MR) is 82.5 cm³/mol. The molecule has 4 nitrogen and oxygen atoms in total. The van der Waals surface area contributed by atoms with Gasteiger partial charge in [-0.2, -0.15) is 0 Å². The van der Waals surface area contributed by atoms with Crippen molar-refractivity contribution in [1.82, 2.24) is 0 Å². The van der Waals surface area contributed by atoms with Crippen molar-refractivity contribution in [2.24, 2.45) is 0 Å². The van der Waals surface area contributed by atoms with Crippen LogP contribution in [0.4, 0.5) is 0 Å². The standard InChI is InChI=1S/C16H16O4S/c1-19-10-12-3-2-4-13(9-12)20-11-15-6-5-14(21-15)7-8-16(17)18/h2-9H,10-11H2,1H3,(H,17,18). The van der Waals surface area contributed by atoms with Crippen LogP contribution >= 0.6 is 11.3 Å². The molecule has 0 saturated carbocycles. The van der Waals surface area contributed by atoms with E-state index in [0.29, 0.717) is 13.2 Å². The van der Waals surface area contributed by atoms with Crippen LogP contribution < -0.4 is 4.74 Å². The fraction of sp³-hybridized carbons (Fsp3) is 0.188. The second-order valence-electron chi connectivity index (χ2n) is 4.34. The summed E-state index contributed by atoms with van der Waals surface area (Å²) < 4.78 is 10.8. The molecule has 21 heavy (non-hydrogen) atoms. The summed E-state index contributed by atoms with van der Waals surface area (Å²) in [7, 11) is 1.66. The van der Waals surface area contributed by atoms with Crippen molar-refractivity contribution in [1.29, 1.82) is 0 Å². The largest absolute Gasteiger partial charge is 0.488 e. The molecule has 0 radical (unpaired) electrons. The average molecular weight is 304 g/mol. The highest BCUT2D eigenvalue weighted by Crippen LogP contribution is 2.21. The summed E-state index contributed by atoms with van der Waals surface area (Å²) in [4.78, 5) is 12.4. The number of carbonyl (C=O) groups is 1. The number of thiophene rings is 1. The first-order chi connectivity index (χ1) is 10.2. The lowest BCUT2D eigenvalue weighted by atomic mass is 10.2. The van der Waals surface area contributed by atoms with E-state index in [4.69, 9.17) is 14.6 Å². The highest BCUT2D eigenvalue weighted by atomic mass is 32.1. The first-order valence-corrected chi connectivity index (χ1v) is 7.19. The molecule has 0 aliphatic carbocycles. The summed E-state index contributed by atoms with van der Waals surface area (Å²) in [5.74, 6) is -0.156. The van der Waals surface area contributed by atoms with Crippen molar-refractivity contribution in [2.45, 2.75) is 13.2 Å². The van der Waals surface area contributed by atoms with Gasteiger partial charge in [0.2, 0.25) is 0 Å². The van der Waals surface area contributed by atoms with Crippen LogP contribution in [0.3, 0.4) is 0 Å². The van der Waals surface area contributed by atoms with Crippen LogP contribution in [0.15, 0.2) is 42.5 Å². The molecule has 0 atom stereocenters. The zero-order valence-corrected chi connectivity index (χ0v) is 12.4. The van der Waals surface area contributed by atoms with Crippen LogP contribution in [-0.4, -0.2) is 18.2 Å². The summed E-state index contributed by atoms with van der Waals surface area (Å²) in [5.41, 5.74) is 1.06. The number of carboxylic acid groups (broad SMARTS) is 1. The fourth-order valence-electron chi connectivity index (χ4n) is 1.76. The van der Waals surface area contributed by atoms with Gasteiger partial charge in [-0.05, 0) is 35.9 Å². The Kier molecular flexibility index (Phi) is 5.54. The van der Waals surface area contributed by atoms with Crippen molar-refractivity contribution in [3.8, 4) is 5.75 Å². The molecule has 5 heteroatoms. The second-order valence-corrected chi connectivity index (χ2v) is 5.54. The van der Waals surface area contributed by atoms with Crippen LogP contribution in [-0.2, 0) is 22.7 Å². The molecular formula is C16H16O4S. The lowest BCUT2D eigenvalue weighted by molar-refractivity contribution is -0.131. The molecule has 0 bridgehead atoms. The molecule has 1 aromatic heterocycles. The number of ether oxygens (including phenoxy) is 2. The van der Waals surface area contributed by atoms with E-state index >= 15 is 0 Å². The minimum Gasteiger partial charge on any atom is -0.488 e. The van der Waals surface area contributed by atoms with Gasteiger partial charge < -0.3 is 14.6 Å². The van der Waals surface area contributed by atoms with E-state index in [1.807, 2.05) is 36.4 Å². The fourth-order valence-corrected chi connectivity index (χ4v) is 2.59. The van der Waals surface area contributed by atoms with Crippen molar-refractivity contribution < 1.29 is 19.4 Å². The SMILES string of the molecule is COCc1cccc(OCc2ccc(C=CC(=O)O)s2)c1. The highest BCUT2D eigenvalue weighted by molar-refractivity contribution is 7.12. The van der Waals surface area contributed by atoms with Crippen molar-refractivity contribution in [2.75, 3.05) is 7.11 Å². The van der Waals surface area contributed by atoms with Gasteiger partial charge in [0.15, 0.2) is 0 Å². The Hall–Kier alpha value is -2.11. The lowest BCUT2D eigenvalue weighted by Gasteiger charge is -2.06. The third-order valence-corrected chi connectivity index (χ3v) is 3.69. The molecule has 0 unspecified atom stereocenters. The first kappa shape index (κ1) is 15.3. The van der Waals surface area contributed by atoms with Crippen molar-refractivity contribution >= 4 is 23.4 Å². The van der Waals surface area contributed by atoms with E-state index in [1.54, 1.807) is 13.2 Å². The Morgan fingerprint density at radius 3 is 2.90 bits per heavy atom. The summed E-state index contributed by atoms with van der Waals surface area (Å²) in [6.07, 6.45) is 2.71. The number of rotatable bonds is 7. The topological polar surface area (TPSA) is 55.8 Å². The molecule has 1 N–H and O–H groups in total. The number of hydrogen-bond acceptors (Lipinski definition) is 4. The minimum absolute atomic E-state index is 0.460. The number of benzene rings is 1. The van der Waals surface area contributed by atoms with Crippen LogP contribution in [0.1, 0.15) is 15.3 Å². The van der Waals surface area contributed by atoms with Gasteiger partial charge in [0.1, 0.15) is 12.4 Å². The zero-order valence-electron chi connectivity index (χ0n) is 11.6. The summed E-state index contributed by atoms with van der Waals surface area (Å²) in [5, 5.41) is 8.59. The Labute approximate surface area is 127 Å². The minimum atomic E-state index is -0.948. The van der Waals surface area contributed by atoms with Crippen molar-refractivity contribution in [3.05, 3.63) is 57.8 Å². The molecule has 0 amide bonds. The Balaban J connectivity index is 1.94. The van der Waals surface area contributed by atoms with Crippen LogP contribution in [0.25, 0.3) is 6.08 Å². The Bertz CT molecular complexity index is 631. The summed E-state index contributed by atoms with van der Waals surface area (Å²) >= 11 is 1.51. The lowest BCUT2D eigenvalue weighted by Crippen LogP contribution is -1.94. The zero-order chi connectivity index (χ0) is 15.1. The molecule has 0 saturated heterocycles. The Morgan fingerprint density at radius 2 is 2.14 bits per heavy atom. The third-order valence-electron chi connectivity index (χ3n) is 2.66. The van der Waals surface area contributed by atoms with E-state index in [9.17, 15) is 4.79 Å². The second kappa shape index (κ2) is 7.61. The first-order valence-electron chi connectivity index (χ1n) is 6.38. The normalized spacial score (nSPS) is 10.9. The molecule has 1 heterocycles. The summed E-state index contributed by atoms with van der Waals surface area (Å²) in [6, 6.07) is 11.6. The van der Waals surface area contributed by atoms with Gasteiger partial charge in [0.05, 0.1) is 6.61 Å². The number of carboxylic acids is 1. The molecule has 1 aromatic carbocycles. The molecular weight excluding hydrogens is 288 g/mol. The van der Waals surface area contributed by atoms with Gasteiger partial charge in [-0.15, -0.1) is 11.3 Å². The van der Waals surface area contributed by atoms with Gasteiger partial charge in [-0.1, -0.05) is 12.1 Å². The maximum Gasteiger partial charge on any atom is 0.328 e. The van der Waals surface area contributed by atoms with E-state index < -0.39 is 5.97 Å². The smallest absolute Gasteiger partial charge is 0.328 e. The molecule has 0 spiro atoms. The molecule has 110 valence electrons. The van der Waals surface area contributed by atoms with Gasteiger partial charge >= 0.3 is 5.97 Å². The third kappa shape index (κ3) is 5.06. The molecule has 0 fully saturated rings. The van der Waals surface area contributed by atoms with Gasteiger partial charge in [-0.25, -0.2) is 4.79 Å². The highest BCUT2D eigenvalue weighted by Gasteiger charge is 2.01. The maximum atomic E-state index is 10.5. The van der Waals surface area contributed by atoms with E-state index in [-0.39, 0.29) is 0 Å². The molecule has 0 aliphatic rings. The monoisotopic (exact) mass is 304 g/mol. The van der Waals surface area contributed by atoms with Crippen LogP contribution in [0, 0.1) is 0 Å². The quantitative estimate of drug-likeness (QED) is 0.795. The Morgan fingerprint density at radius 1 is 1.29 bits per heavy atom. The van der Waals surface area contributed by atoms with Gasteiger partial charge in [0, 0.05) is 22.9 Å². The van der Waals surface area contributed by atoms with Gasteiger partial charge in [0.25, 0.3) is 0 Å². The number of methoxy groups -OCH3 is 1.